The average Bonchev–Trinajstić information content (AvgIpc) is 2.82. The van der Waals surface area contributed by atoms with Crippen LogP contribution in [0.4, 0.5) is 11.6 Å². The quantitative estimate of drug-likeness (QED) is 0.546. The van der Waals surface area contributed by atoms with E-state index in [0.29, 0.717) is 29.6 Å². The Hall–Kier alpha value is -4.20. The molecule has 0 saturated carbocycles. The number of benzene rings is 1. The van der Waals surface area contributed by atoms with E-state index in [1.165, 1.54) is 4.90 Å². The molecule has 0 fully saturated rings. The Morgan fingerprint density at radius 3 is 2.67 bits per heavy atom. The summed E-state index contributed by atoms with van der Waals surface area (Å²) in [6, 6.07) is 11.5. The van der Waals surface area contributed by atoms with Crippen molar-refractivity contribution in [1.82, 2.24) is 19.9 Å². The van der Waals surface area contributed by atoms with Gasteiger partial charge in [-0.1, -0.05) is 30.8 Å². The molecule has 0 aliphatic rings. The summed E-state index contributed by atoms with van der Waals surface area (Å²) in [5, 5.41) is 4.94. The van der Waals surface area contributed by atoms with Crippen LogP contribution in [0.25, 0.3) is 11.5 Å². The molecular formula is C25H28N6O2. The molecule has 0 aliphatic heterocycles. The van der Waals surface area contributed by atoms with Crippen LogP contribution in [-0.4, -0.2) is 39.9 Å². The molecule has 0 spiro atoms. The van der Waals surface area contributed by atoms with E-state index in [2.05, 4.69) is 26.8 Å². The summed E-state index contributed by atoms with van der Waals surface area (Å²) in [5.74, 6) is 1.82. The van der Waals surface area contributed by atoms with E-state index in [1.807, 2.05) is 43.3 Å². The molecule has 3 N–H and O–H groups in total. The molecule has 170 valence electrons. The van der Waals surface area contributed by atoms with Gasteiger partial charge in [-0.25, -0.2) is 9.97 Å². The number of anilines is 2. The van der Waals surface area contributed by atoms with E-state index in [0.717, 1.165) is 21.8 Å². The summed E-state index contributed by atoms with van der Waals surface area (Å²) in [4.78, 5) is 26.4. The van der Waals surface area contributed by atoms with E-state index >= 15 is 0 Å². The molecule has 2 heterocycles. The van der Waals surface area contributed by atoms with E-state index in [1.54, 1.807) is 38.8 Å². The highest BCUT2D eigenvalue weighted by Crippen LogP contribution is 2.15. The smallest absolute Gasteiger partial charge is 0.228 e. The number of nitrogens with two attached hydrogens (primary N) is 1. The van der Waals surface area contributed by atoms with E-state index in [-0.39, 0.29) is 12.3 Å². The number of rotatable bonds is 8. The van der Waals surface area contributed by atoms with Gasteiger partial charge in [0.1, 0.15) is 24.0 Å². The van der Waals surface area contributed by atoms with Crippen molar-refractivity contribution < 1.29 is 9.53 Å². The van der Waals surface area contributed by atoms with Crippen molar-refractivity contribution >= 4 is 29.0 Å². The Morgan fingerprint density at radius 1 is 1.18 bits per heavy atom. The highest BCUT2D eigenvalue weighted by Gasteiger charge is 2.08. The third-order valence-electron chi connectivity index (χ3n) is 4.89. The third-order valence-corrected chi connectivity index (χ3v) is 4.89. The number of pyridine rings is 1. The van der Waals surface area contributed by atoms with Gasteiger partial charge >= 0.3 is 0 Å². The van der Waals surface area contributed by atoms with Crippen molar-refractivity contribution in [2.75, 3.05) is 19.4 Å². The monoisotopic (exact) mass is 444 g/mol. The van der Waals surface area contributed by atoms with Crippen LogP contribution in [0.15, 0.2) is 67.6 Å². The molecule has 3 aromatic rings. The molecule has 0 atom stereocenters. The molecule has 1 aromatic carbocycles. The lowest BCUT2D eigenvalue weighted by atomic mass is 10.2. The highest BCUT2D eigenvalue weighted by molar-refractivity contribution is 5.77. The highest BCUT2D eigenvalue weighted by atomic mass is 16.5. The lowest BCUT2D eigenvalue weighted by Crippen LogP contribution is -2.30. The van der Waals surface area contributed by atoms with E-state index in [9.17, 15) is 4.79 Å². The number of nitrogens with one attached hydrogen (secondary N) is 1. The van der Waals surface area contributed by atoms with Crippen molar-refractivity contribution in [3.63, 3.8) is 0 Å². The lowest BCUT2D eigenvalue weighted by molar-refractivity contribution is -0.128. The third kappa shape index (κ3) is 6.39. The molecule has 33 heavy (non-hydrogen) atoms. The largest absolute Gasteiger partial charge is 0.493 e. The Labute approximate surface area is 193 Å². The molecule has 0 bridgehead atoms. The summed E-state index contributed by atoms with van der Waals surface area (Å²) >= 11 is 0. The van der Waals surface area contributed by atoms with Crippen molar-refractivity contribution in [1.29, 1.82) is 0 Å². The zero-order chi connectivity index (χ0) is 23.8. The molecule has 0 unspecified atom stereocenters. The molecular weight excluding hydrogens is 416 g/mol. The zero-order valence-electron chi connectivity index (χ0n) is 19.1. The number of ether oxygens (including phenoxy) is 1. The Bertz CT molecular complexity index is 1270. The standard InChI is InChI=1S/C25H28N6O2/c1-5-22(26)21-9-7-6-8-20(21)17(2)33-16-18-10-11-28-23(12-18)30-24-15-27-14-19(29-24)13-25(32)31(3)4/h5-12,14-15H,1,13,16,26H2,2-4H3,(H,28,29,30)/b20-17+,22-21+. The Kier molecular flexibility index (Phi) is 7.75. The number of carbonyl (C=O) groups is 1. The average molecular weight is 445 g/mol. The number of carbonyl (C=O) groups excluding carboxylic acids is 1. The van der Waals surface area contributed by atoms with Crippen LogP contribution < -0.4 is 21.5 Å². The van der Waals surface area contributed by atoms with Gasteiger partial charge in [-0.3, -0.25) is 9.78 Å². The number of hydrogen-bond acceptors (Lipinski definition) is 7. The van der Waals surface area contributed by atoms with E-state index < -0.39 is 0 Å². The van der Waals surface area contributed by atoms with Crippen LogP contribution >= 0.6 is 0 Å². The first-order chi connectivity index (χ1) is 15.9. The van der Waals surface area contributed by atoms with Crippen LogP contribution in [0, 0.1) is 0 Å². The predicted octanol–water partition coefficient (Wildman–Crippen LogP) is 1.84. The predicted molar refractivity (Wildman–Crippen MR) is 129 cm³/mol. The summed E-state index contributed by atoms with van der Waals surface area (Å²) in [7, 11) is 3.42. The second kappa shape index (κ2) is 10.9. The number of likely N-dealkylation sites (N-methyl/N-ethyl adjacent to an activating group) is 1. The second-order valence-electron chi connectivity index (χ2n) is 7.58. The number of nitrogens with zero attached hydrogens (tertiary/aromatic N) is 4. The van der Waals surface area contributed by atoms with Crippen molar-refractivity contribution in [2.24, 2.45) is 5.73 Å². The van der Waals surface area contributed by atoms with Crippen LogP contribution in [0.5, 0.6) is 0 Å². The zero-order valence-corrected chi connectivity index (χ0v) is 19.1. The number of amides is 1. The molecule has 8 heteroatoms. The maximum absolute atomic E-state index is 11.9. The molecule has 2 aromatic heterocycles. The van der Waals surface area contributed by atoms with Gasteiger partial charge in [0.15, 0.2) is 0 Å². The molecule has 8 nitrogen and oxygen atoms in total. The first-order valence-electron chi connectivity index (χ1n) is 10.4. The normalized spacial score (nSPS) is 12.5. The SMILES string of the molecule is C=C/C(N)=c1/cccc/c1=C(/C)OCc1ccnc(Nc2cncc(CC(=O)N(C)C)n2)c1. The van der Waals surface area contributed by atoms with Gasteiger partial charge in [-0.15, -0.1) is 0 Å². The maximum atomic E-state index is 11.9. The molecule has 3 rings (SSSR count). The van der Waals surface area contributed by atoms with Gasteiger partial charge in [0.05, 0.1) is 18.3 Å². The molecule has 0 aliphatic carbocycles. The van der Waals surface area contributed by atoms with Crippen LogP contribution in [0.3, 0.4) is 0 Å². The Balaban J connectivity index is 1.74. The minimum atomic E-state index is -0.0423. The van der Waals surface area contributed by atoms with Crippen LogP contribution in [0.1, 0.15) is 18.2 Å². The molecule has 1 amide bonds. The first kappa shape index (κ1) is 23.5. The minimum Gasteiger partial charge on any atom is -0.493 e. The summed E-state index contributed by atoms with van der Waals surface area (Å²) in [6.45, 7) is 6.01. The fourth-order valence-electron chi connectivity index (χ4n) is 3.05. The number of aromatic nitrogens is 3. The fraction of sp³-hybridized carbons (Fsp3) is 0.200. The lowest BCUT2D eigenvalue weighted by Gasteiger charge is -2.11. The molecule has 0 saturated heterocycles. The summed E-state index contributed by atoms with van der Waals surface area (Å²) in [6.07, 6.45) is 6.67. The van der Waals surface area contributed by atoms with Gasteiger partial charge in [0.25, 0.3) is 0 Å². The van der Waals surface area contributed by atoms with Crippen molar-refractivity contribution in [3.8, 4) is 0 Å². The summed E-state index contributed by atoms with van der Waals surface area (Å²) < 4.78 is 6.03. The van der Waals surface area contributed by atoms with Gasteiger partial charge in [-0.05, 0) is 30.7 Å². The fourth-order valence-corrected chi connectivity index (χ4v) is 3.05. The van der Waals surface area contributed by atoms with Gasteiger partial charge < -0.3 is 20.7 Å². The van der Waals surface area contributed by atoms with Crippen molar-refractivity contribution in [3.05, 3.63) is 89.3 Å². The minimum absolute atomic E-state index is 0.0423. The number of hydrogen-bond donors (Lipinski definition) is 2. The van der Waals surface area contributed by atoms with Gasteiger partial charge in [-0.2, -0.15) is 0 Å². The van der Waals surface area contributed by atoms with Crippen LogP contribution in [0.2, 0.25) is 0 Å². The maximum Gasteiger partial charge on any atom is 0.228 e. The van der Waals surface area contributed by atoms with Gasteiger partial charge in [0, 0.05) is 42.6 Å². The Morgan fingerprint density at radius 2 is 1.94 bits per heavy atom. The second-order valence-corrected chi connectivity index (χ2v) is 7.58. The topological polar surface area (TPSA) is 106 Å². The van der Waals surface area contributed by atoms with E-state index in [4.69, 9.17) is 10.5 Å². The van der Waals surface area contributed by atoms with Crippen molar-refractivity contribution in [2.45, 2.75) is 20.0 Å². The summed E-state index contributed by atoms with van der Waals surface area (Å²) in [5.41, 5.74) is 8.17. The first-order valence-corrected chi connectivity index (χ1v) is 10.4. The van der Waals surface area contributed by atoms with Crippen LogP contribution in [-0.2, 0) is 22.6 Å². The van der Waals surface area contributed by atoms with Gasteiger partial charge in [0.2, 0.25) is 5.91 Å². The molecule has 0 radical (unpaired) electrons.